The molecule has 5 nitrogen and oxygen atoms in total. The summed E-state index contributed by atoms with van der Waals surface area (Å²) in [7, 11) is -3.30. The van der Waals surface area contributed by atoms with E-state index < -0.39 is 15.3 Å². The summed E-state index contributed by atoms with van der Waals surface area (Å²) in [6.45, 7) is 4.08. The molecule has 0 radical (unpaired) electrons. The van der Waals surface area contributed by atoms with E-state index in [9.17, 15) is 8.42 Å². The van der Waals surface area contributed by atoms with Gasteiger partial charge in [0.2, 0.25) is 10.0 Å². The number of aliphatic hydroxyl groups is 1. The van der Waals surface area contributed by atoms with Crippen molar-refractivity contribution < 1.29 is 13.5 Å². The molecule has 1 aliphatic carbocycles. The molecule has 0 aromatic rings. The van der Waals surface area contributed by atoms with E-state index in [1.807, 2.05) is 0 Å². The summed E-state index contributed by atoms with van der Waals surface area (Å²) >= 11 is 0. The van der Waals surface area contributed by atoms with Crippen molar-refractivity contribution in [3.63, 3.8) is 0 Å². The molecule has 0 spiro atoms. The van der Waals surface area contributed by atoms with Gasteiger partial charge in [-0.3, -0.25) is 4.90 Å². The molecule has 1 aliphatic heterocycles. The van der Waals surface area contributed by atoms with E-state index in [1.165, 1.54) is 25.7 Å². The second kappa shape index (κ2) is 5.86. The Labute approximate surface area is 110 Å². The molecule has 0 aromatic heterocycles. The number of hydrogen-bond donors (Lipinski definition) is 1. The second-order valence-electron chi connectivity index (χ2n) is 5.41. The lowest BCUT2D eigenvalue weighted by molar-refractivity contribution is 0.137. The van der Waals surface area contributed by atoms with Gasteiger partial charge in [-0.2, -0.15) is 4.31 Å². The highest BCUT2D eigenvalue weighted by Crippen LogP contribution is 2.25. The lowest BCUT2D eigenvalue weighted by atomic mass is 10.2. The Morgan fingerprint density at radius 2 is 1.72 bits per heavy atom. The van der Waals surface area contributed by atoms with Gasteiger partial charge in [0.15, 0.2) is 0 Å². The van der Waals surface area contributed by atoms with Gasteiger partial charge >= 0.3 is 0 Å². The SMILES string of the molecule is CC(CO)S(=O)(=O)N1CCN(C2CCCC2)CC1. The molecule has 1 N–H and O–H groups in total. The van der Waals surface area contributed by atoms with Crippen LogP contribution in [0.5, 0.6) is 0 Å². The average Bonchev–Trinajstić information content (AvgIpc) is 2.91. The van der Waals surface area contributed by atoms with Crippen LogP contribution in [-0.2, 0) is 10.0 Å². The topological polar surface area (TPSA) is 60.9 Å². The lowest BCUT2D eigenvalue weighted by Gasteiger charge is -2.38. The van der Waals surface area contributed by atoms with E-state index in [2.05, 4.69) is 4.90 Å². The molecule has 0 aromatic carbocycles. The fourth-order valence-corrected chi connectivity index (χ4v) is 4.31. The van der Waals surface area contributed by atoms with Gasteiger partial charge in [0.1, 0.15) is 0 Å². The molecule has 2 rings (SSSR count). The molecular weight excluding hydrogens is 252 g/mol. The molecule has 1 saturated carbocycles. The van der Waals surface area contributed by atoms with Crippen molar-refractivity contribution in [2.24, 2.45) is 0 Å². The first-order chi connectivity index (χ1) is 8.55. The van der Waals surface area contributed by atoms with Crippen LogP contribution < -0.4 is 0 Å². The standard InChI is InChI=1S/C12H24N2O3S/c1-11(10-15)18(16,17)14-8-6-13(7-9-14)12-4-2-3-5-12/h11-12,15H,2-10H2,1H3. The highest BCUT2D eigenvalue weighted by molar-refractivity contribution is 7.89. The van der Waals surface area contributed by atoms with Gasteiger partial charge in [-0.25, -0.2) is 8.42 Å². The van der Waals surface area contributed by atoms with E-state index in [-0.39, 0.29) is 6.61 Å². The summed E-state index contributed by atoms with van der Waals surface area (Å²) in [6.07, 6.45) is 5.15. The summed E-state index contributed by atoms with van der Waals surface area (Å²) in [4.78, 5) is 2.43. The number of aliphatic hydroxyl groups excluding tert-OH is 1. The molecule has 2 fully saturated rings. The molecule has 18 heavy (non-hydrogen) atoms. The van der Waals surface area contributed by atoms with Crippen LogP contribution in [0, 0.1) is 0 Å². The van der Waals surface area contributed by atoms with Crippen LogP contribution in [0.4, 0.5) is 0 Å². The van der Waals surface area contributed by atoms with Gasteiger partial charge < -0.3 is 5.11 Å². The molecule has 2 aliphatic rings. The van der Waals surface area contributed by atoms with Crippen molar-refractivity contribution in [2.75, 3.05) is 32.8 Å². The van der Waals surface area contributed by atoms with Gasteiger partial charge in [-0.15, -0.1) is 0 Å². The van der Waals surface area contributed by atoms with Crippen LogP contribution in [-0.4, -0.2) is 66.8 Å². The summed E-state index contributed by atoms with van der Waals surface area (Å²) in [5.74, 6) is 0. The number of sulfonamides is 1. The third-order valence-corrected chi connectivity index (χ3v) is 6.49. The maximum Gasteiger partial charge on any atom is 0.219 e. The van der Waals surface area contributed by atoms with Gasteiger partial charge in [-0.1, -0.05) is 12.8 Å². The maximum absolute atomic E-state index is 12.1. The summed E-state index contributed by atoms with van der Waals surface area (Å²) < 4.78 is 25.7. The van der Waals surface area contributed by atoms with E-state index in [4.69, 9.17) is 5.11 Å². The van der Waals surface area contributed by atoms with Gasteiger partial charge in [0.25, 0.3) is 0 Å². The average molecular weight is 276 g/mol. The highest BCUT2D eigenvalue weighted by atomic mass is 32.2. The van der Waals surface area contributed by atoms with Crippen molar-refractivity contribution in [2.45, 2.75) is 43.9 Å². The van der Waals surface area contributed by atoms with Gasteiger partial charge in [-0.05, 0) is 19.8 Å². The molecular formula is C12H24N2O3S. The quantitative estimate of drug-likeness (QED) is 0.800. The zero-order chi connectivity index (χ0) is 13.2. The Hall–Kier alpha value is -0.170. The number of hydrogen-bond acceptors (Lipinski definition) is 4. The first-order valence-corrected chi connectivity index (χ1v) is 8.40. The van der Waals surface area contributed by atoms with E-state index in [0.29, 0.717) is 19.1 Å². The Balaban J connectivity index is 1.90. The third-order valence-electron chi connectivity index (χ3n) is 4.24. The molecule has 0 bridgehead atoms. The monoisotopic (exact) mass is 276 g/mol. The first-order valence-electron chi connectivity index (χ1n) is 6.89. The normalized spacial score (nSPS) is 26.6. The maximum atomic E-state index is 12.1. The zero-order valence-electron chi connectivity index (χ0n) is 11.1. The second-order valence-corrected chi connectivity index (χ2v) is 7.76. The van der Waals surface area contributed by atoms with Gasteiger partial charge in [0.05, 0.1) is 11.9 Å². The Morgan fingerprint density at radius 3 is 2.22 bits per heavy atom. The lowest BCUT2D eigenvalue weighted by Crippen LogP contribution is -2.53. The first kappa shape index (κ1) is 14.2. The summed E-state index contributed by atoms with van der Waals surface area (Å²) in [6, 6.07) is 0.671. The van der Waals surface area contributed by atoms with E-state index >= 15 is 0 Å². The van der Waals surface area contributed by atoms with Crippen molar-refractivity contribution >= 4 is 10.0 Å². The third kappa shape index (κ3) is 2.87. The largest absolute Gasteiger partial charge is 0.395 e. The molecule has 1 atom stereocenters. The van der Waals surface area contributed by atoms with Crippen LogP contribution in [0.2, 0.25) is 0 Å². The minimum absolute atomic E-state index is 0.300. The molecule has 0 amide bonds. The zero-order valence-corrected chi connectivity index (χ0v) is 11.9. The number of piperazine rings is 1. The molecule has 1 saturated heterocycles. The Morgan fingerprint density at radius 1 is 1.17 bits per heavy atom. The van der Waals surface area contributed by atoms with Crippen molar-refractivity contribution in [3.8, 4) is 0 Å². The Kier molecular flexibility index (Phi) is 4.64. The minimum Gasteiger partial charge on any atom is -0.395 e. The van der Waals surface area contributed by atoms with Gasteiger partial charge in [0, 0.05) is 32.2 Å². The fraction of sp³-hybridized carbons (Fsp3) is 1.00. The van der Waals surface area contributed by atoms with Crippen LogP contribution in [0.3, 0.4) is 0 Å². The van der Waals surface area contributed by atoms with E-state index in [0.717, 1.165) is 13.1 Å². The number of rotatable bonds is 4. The van der Waals surface area contributed by atoms with Crippen molar-refractivity contribution in [1.29, 1.82) is 0 Å². The van der Waals surface area contributed by atoms with Crippen molar-refractivity contribution in [3.05, 3.63) is 0 Å². The predicted octanol–water partition coefficient (Wildman–Crippen LogP) is 0.257. The highest BCUT2D eigenvalue weighted by Gasteiger charge is 2.33. The van der Waals surface area contributed by atoms with Crippen LogP contribution in [0.15, 0.2) is 0 Å². The summed E-state index contributed by atoms with van der Waals surface area (Å²) in [5, 5.41) is 8.32. The fourth-order valence-electron chi connectivity index (χ4n) is 2.94. The van der Waals surface area contributed by atoms with Crippen molar-refractivity contribution in [1.82, 2.24) is 9.21 Å². The van der Waals surface area contributed by atoms with E-state index in [1.54, 1.807) is 11.2 Å². The van der Waals surface area contributed by atoms with Crippen LogP contribution in [0.1, 0.15) is 32.6 Å². The predicted molar refractivity (Wildman–Crippen MR) is 70.9 cm³/mol. The molecule has 1 unspecified atom stereocenters. The van der Waals surface area contributed by atoms with Crippen LogP contribution >= 0.6 is 0 Å². The minimum atomic E-state index is -3.30. The Bertz CT molecular complexity index is 358. The van der Waals surface area contributed by atoms with Crippen LogP contribution in [0.25, 0.3) is 0 Å². The molecule has 106 valence electrons. The summed E-state index contributed by atoms with van der Waals surface area (Å²) in [5.41, 5.74) is 0. The number of nitrogens with zero attached hydrogens (tertiary/aromatic N) is 2. The smallest absolute Gasteiger partial charge is 0.219 e. The molecule has 1 heterocycles. The molecule has 6 heteroatoms.